The van der Waals surface area contributed by atoms with Gasteiger partial charge in [0.1, 0.15) is 4.21 Å². The Morgan fingerprint density at radius 3 is 2.83 bits per heavy atom. The number of aromatic amines is 1. The van der Waals surface area contributed by atoms with E-state index in [-0.39, 0.29) is 10.8 Å². The molecule has 0 atom stereocenters. The van der Waals surface area contributed by atoms with Crippen molar-refractivity contribution in [3.05, 3.63) is 32.8 Å². The van der Waals surface area contributed by atoms with Gasteiger partial charge in [-0.3, -0.25) is 5.10 Å². The van der Waals surface area contributed by atoms with Crippen molar-refractivity contribution in [3.8, 4) is 0 Å². The molecule has 0 bridgehead atoms. The molecule has 2 rings (SSSR count). The predicted molar refractivity (Wildman–Crippen MR) is 74.3 cm³/mol. The first-order valence-electron chi connectivity index (χ1n) is 4.80. The quantitative estimate of drug-likeness (QED) is 0.900. The zero-order valence-corrected chi connectivity index (χ0v) is 13.2. The fraction of sp³-hybridized carbons (Fsp3) is 0.222. The number of hydrogen-bond donors (Lipinski definition) is 1. The molecule has 0 saturated heterocycles. The predicted octanol–water partition coefficient (Wildman–Crippen LogP) is 2.71. The second kappa shape index (κ2) is 5.30. The van der Waals surface area contributed by atoms with Crippen LogP contribution in [0.15, 0.2) is 26.5 Å². The molecule has 0 aromatic carbocycles. The highest BCUT2D eigenvalue weighted by atomic mass is 79.9. The molecule has 0 radical (unpaired) electrons. The van der Waals surface area contributed by atoms with Gasteiger partial charge < -0.3 is 0 Å². The van der Waals surface area contributed by atoms with Crippen molar-refractivity contribution in [2.45, 2.75) is 10.8 Å². The number of nitrogens with one attached hydrogen (secondary N) is 1. The molecule has 2 aromatic heterocycles. The van der Waals surface area contributed by atoms with Crippen molar-refractivity contribution < 1.29 is 8.42 Å². The van der Waals surface area contributed by atoms with E-state index in [2.05, 4.69) is 26.1 Å². The molecule has 9 heteroatoms. The number of H-pyrrole nitrogens is 1. The molecule has 0 fully saturated rings. The molecule has 0 aliphatic carbocycles. The van der Waals surface area contributed by atoms with Crippen LogP contribution in [-0.2, 0) is 16.6 Å². The summed E-state index contributed by atoms with van der Waals surface area (Å²) in [4.78, 5) is 0. The number of nitrogens with zero attached hydrogens (tertiary/aromatic N) is 2. The van der Waals surface area contributed by atoms with E-state index in [9.17, 15) is 8.42 Å². The Morgan fingerprint density at radius 2 is 2.33 bits per heavy atom. The molecule has 1 N–H and O–H groups in total. The van der Waals surface area contributed by atoms with Gasteiger partial charge in [0.05, 0.1) is 15.0 Å². The van der Waals surface area contributed by atoms with Gasteiger partial charge in [-0.05, 0) is 22.0 Å². The van der Waals surface area contributed by atoms with Gasteiger partial charge in [-0.25, -0.2) is 8.42 Å². The summed E-state index contributed by atoms with van der Waals surface area (Å²) in [7, 11) is -2.00. The lowest BCUT2D eigenvalue weighted by atomic mass is 10.4. The van der Waals surface area contributed by atoms with Crippen molar-refractivity contribution in [3.63, 3.8) is 0 Å². The van der Waals surface area contributed by atoms with Gasteiger partial charge in [0.25, 0.3) is 10.0 Å². The van der Waals surface area contributed by atoms with Gasteiger partial charge in [-0.2, -0.15) is 9.40 Å². The zero-order chi connectivity index (χ0) is 13.3. The van der Waals surface area contributed by atoms with Crippen LogP contribution >= 0.6 is 38.9 Å². The molecule has 98 valence electrons. The molecular formula is C9H9BrClN3O2S2. The van der Waals surface area contributed by atoms with E-state index in [1.54, 1.807) is 12.4 Å². The van der Waals surface area contributed by atoms with Crippen LogP contribution in [0.5, 0.6) is 0 Å². The van der Waals surface area contributed by atoms with E-state index >= 15 is 0 Å². The SMILES string of the molecule is CN(Cc1cn[nH]c1)S(=O)(=O)c1cc(Cl)c(Br)s1. The molecule has 2 aromatic rings. The Morgan fingerprint density at radius 1 is 1.61 bits per heavy atom. The first-order chi connectivity index (χ1) is 8.41. The summed E-state index contributed by atoms with van der Waals surface area (Å²) in [5.41, 5.74) is 0.794. The van der Waals surface area contributed by atoms with E-state index < -0.39 is 10.0 Å². The van der Waals surface area contributed by atoms with Crippen molar-refractivity contribution in [1.29, 1.82) is 0 Å². The Labute approximate surface area is 122 Å². The summed E-state index contributed by atoms with van der Waals surface area (Å²) in [6.45, 7) is 0.256. The maximum absolute atomic E-state index is 12.3. The summed E-state index contributed by atoms with van der Waals surface area (Å²) in [5.74, 6) is 0. The lowest BCUT2D eigenvalue weighted by Crippen LogP contribution is -2.25. The highest BCUT2D eigenvalue weighted by molar-refractivity contribution is 9.11. The molecule has 5 nitrogen and oxygen atoms in total. The van der Waals surface area contributed by atoms with Crippen LogP contribution in [0.3, 0.4) is 0 Å². The van der Waals surface area contributed by atoms with Gasteiger partial charge in [-0.1, -0.05) is 11.6 Å². The van der Waals surface area contributed by atoms with E-state index in [0.717, 1.165) is 16.9 Å². The van der Waals surface area contributed by atoms with Crippen molar-refractivity contribution in [1.82, 2.24) is 14.5 Å². The fourth-order valence-corrected chi connectivity index (χ4v) is 5.08. The van der Waals surface area contributed by atoms with Gasteiger partial charge in [-0.15, -0.1) is 11.3 Å². The van der Waals surface area contributed by atoms with Crippen LogP contribution in [0.1, 0.15) is 5.56 Å². The minimum absolute atomic E-state index is 0.213. The molecule has 0 saturated carbocycles. The highest BCUT2D eigenvalue weighted by Crippen LogP contribution is 2.35. The first-order valence-corrected chi connectivity index (χ1v) is 8.23. The smallest absolute Gasteiger partial charge is 0.252 e. The van der Waals surface area contributed by atoms with Crippen molar-refractivity contribution in [2.24, 2.45) is 0 Å². The van der Waals surface area contributed by atoms with Crippen LogP contribution in [0.4, 0.5) is 0 Å². The number of rotatable bonds is 4. The molecule has 0 unspecified atom stereocenters. The van der Waals surface area contributed by atoms with E-state index in [0.29, 0.717) is 8.81 Å². The van der Waals surface area contributed by atoms with E-state index in [4.69, 9.17) is 11.6 Å². The molecule has 0 aliphatic heterocycles. The number of hydrogen-bond acceptors (Lipinski definition) is 4. The molecule has 0 aliphatic rings. The van der Waals surface area contributed by atoms with E-state index in [1.807, 2.05) is 0 Å². The van der Waals surface area contributed by atoms with Gasteiger partial charge in [0.15, 0.2) is 0 Å². The molecule has 0 spiro atoms. The third-order valence-corrected chi connectivity index (χ3v) is 6.97. The van der Waals surface area contributed by atoms with Gasteiger partial charge in [0.2, 0.25) is 0 Å². The summed E-state index contributed by atoms with van der Waals surface area (Å²) in [6, 6.07) is 1.44. The second-order valence-corrected chi connectivity index (χ2v) is 8.60. The summed E-state index contributed by atoms with van der Waals surface area (Å²) >= 11 is 10.1. The minimum Gasteiger partial charge on any atom is -0.285 e. The number of halogens is 2. The van der Waals surface area contributed by atoms with E-state index in [1.165, 1.54) is 17.4 Å². The average Bonchev–Trinajstić information content (AvgIpc) is 2.90. The Balaban J connectivity index is 2.25. The first kappa shape index (κ1) is 14.0. The monoisotopic (exact) mass is 369 g/mol. The standard InChI is InChI=1S/C9H9BrClN3O2S2/c1-14(5-6-3-12-13-4-6)18(15,16)8-2-7(11)9(10)17-8/h2-4H,5H2,1H3,(H,12,13). The largest absolute Gasteiger partial charge is 0.285 e. The van der Waals surface area contributed by atoms with Crippen LogP contribution in [-0.4, -0.2) is 30.0 Å². The van der Waals surface area contributed by atoms with Crippen molar-refractivity contribution in [2.75, 3.05) is 7.05 Å². The Hall–Kier alpha value is -0.410. The third kappa shape index (κ3) is 2.77. The Kier molecular flexibility index (Phi) is 4.12. The van der Waals surface area contributed by atoms with Gasteiger partial charge >= 0.3 is 0 Å². The third-order valence-electron chi connectivity index (χ3n) is 2.25. The summed E-state index contributed by atoms with van der Waals surface area (Å²) in [6.07, 6.45) is 3.24. The number of sulfonamides is 1. The number of aromatic nitrogens is 2. The summed E-state index contributed by atoms with van der Waals surface area (Å²) in [5, 5.41) is 6.82. The Bertz CT molecular complexity index is 619. The normalized spacial score (nSPS) is 12.2. The average molecular weight is 371 g/mol. The highest BCUT2D eigenvalue weighted by Gasteiger charge is 2.24. The fourth-order valence-electron chi connectivity index (χ4n) is 1.31. The lowest BCUT2D eigenvalue weighted by Gasteiger charge is -2.14. The van der Waals surface area contributed by atoms with Gasteiger partial charge in [0, 0.05) is 25.4 Å². The topological polar surface area (TPSA) is 66.1 Å². The maximum Gasteiger partial charge on any atom is 0.252 e. The summed E-state index contributed by atoms with van der Waals surface area (Å²) < 4.78 is 26.6. The second-order valence-electron chi connectivity index (χ2n) is 3.55. The van der Waals surface area contributed by atoms with Crippen LogP contribution in [0, 0.1) is 0 Å². The molecule has 18 heavy (non-hydrogen) atoms. The van der Waals surface area contributed by atoms with Crippen LogP contribution < -0.4 is 0 Å². The van der Waals surface area contributed by atoms with Crippen LogP contribution in [0.25, 0.3) is 0 Å². The zero-order valence-electron chi connectivity index (χ0n) is 9.22. The lowest BCUT2D eigenvalue weighted by molar-refractivity contribution is 0.468. The van der Waals surface area contributed by atoms with Crippen molar-refractivity contribution >= 4 is 48.9 Å². The van der Waals surface area contributed by atoms with Crippen LogP contribution in [0.2, 0.25) is 5.02 Å². The molecule has 2 heterocycles. The molecular weight excluding hydrogens is 362 g/mol. The number of thiophene rings is 1. The molecule has 0 amide bonds. The minimum atomic E-state index is -3.52. The maximum atomic E-state index is 12.3.